The summed E-state index contributed by atoms with van der Waals surface area (Å²) in [5.41, 5.74) is -2.20. The van der Waals surface area contributed by atoms with Crippen molar-refractivity contribution in [2.24, 2.45) is 40.9 Å². The van der Waals surface area contributed by atoms with Crippen molar-refractivity contribution in [2.75, 3.05) is 108 Å². The molecule has 3 heterocycles. The molecule has 27 nitrogen and oxygen atoms in total. The van der Waals surface area contributed by atoms with Crippen LogP contribution in [0, 0.1) is 40.9 Å². The monoisotopic (exact) mass is 1540 g/mol. The van der Waals surface area contributed by atoms with Gasteiger partial charge in [-0.2, -0.15) is 13.2 Å². The summed E-state index contributed by atoms with van der Waals surface area (Å²) in [5, 5.41) is 8.86. The number of nitrogens with one attached hydrogen (secondary N) is 3. The van der Waals surface area contributed by atoms with Crippen LogP contribution in [0.3, 0.4) is 0 Å². The summed E-state index contributed by atoms with van der Waals surface area (Å²) in [7, 11) is 9.77. The predicted octanol–water partition coefficient (Wildman–Crippen LogP) is 5.94. The molecule has 30 heteroatoms. The number of carbonyl (C=O) groups is 12. The molecule has 0 aromatic heterocycles. The Bertz CT molecular complexity index is 3210. The minimum absolute atomic E-state index is 0.00785. The highest BCUT2D eigenvalue weighted by atomic mass is 19.4. The van der Waals surface area contributed by atoms with E-state index in [-0.39, 0.29) is 116 Å². The summed E-state index contributed by atoms with van der Waals surface area (Å²) in [4.78, 5) is 195. The van der Waals surface area contributed by atoms with Crippen molar-refractivity contribution in [2.45, 2.75) is 269 Å². The van der Waals surface area contributed by atoms with Crippen LogP contribution in [-0.4, -0.2) is 296 Å². The van der Waals surface area contributed by atoms with E-state index in [0.717, 1.165) is 35.5 Å². The van der Waals surface area contributed by atoms with E-state index in [9.17, 15) is 32.3 Å². The maximum atomic E-state index is 15.9. The van der Waals surface area contributed by atoms with Gasteiger partial charge in [0.15, 0.2) is 0 Å². The summed E-state index contributed by atoms with van der Waals surface area (Å²) >= 11 is 0. The Balaban J connectivity index is 1.34. The van der Waals surface area contributed by atoms with Crippen molar-refractivity contribution < 1.29 is 84.9 Å². The zero-order valence-electron chi connectivity index (χ0n) is 67.9. The van der Waals surface area contributed by atoms with Gasteiger partial charge >= 0.3 is 6.18 Å². The van der Waals surface area contributed by atoms with Crippen LogP contribution in [0.4, 0.5) is 13.2 Å². The van der Waals surface area contributed by atoms with Crippen molar-refractivity contribution in [3.63, 3.8) is 0 Å². The van der Waals surface area contributed by atoms with Crippen molar-refractivity contribution in [1.29, 1.82) is 0 Å². The van der Waals surface area contributed by atoms with Gasteiger partial charge in [0.2, 0.25) is 70.9 Å². The fourth-order valence-electron chi connectivity index (χ4n) is 18.2. The molecule has 7 rings (SSSR count). The number of ether oxygens (including phenoxy) is 3. The van der Waals surface area contributed by atoms with Crippen LogP contribution in [0.1, 0.15) is 197 Å². The van der Waals surface area contributed by atoms with Gasteiger partial charge in [0, 0.05) is 95.2 Å². The molecule has 1 spiro atoms. The Labute approximate surface area is 644 Å². The SMILES string of the molecule is CCOC[C@H]1C(=O)N[C@@H]([C@@H](C)CC)C(=O)N(C)CC(=O)N(C)[C@H]2C/C=C\CCN(C2=O)[C@@H](CC2CCC(C)CC2)C(=O)N(C)CC(=O)N[C@@H](CCC2CCC(C(F)(F)F)C(OC)C2)C(=O)N2C[C@H](OCC)C[C@H]2C(=O)NC2(CC(C)(C)C2)C(=O)N(C)[C@@H](C2CCCC2)C(=O)N(C)[C@H](C(=O)N(CC)CC)CC(=O)N1C. The van der Waals surface area contributed by atoms with Crippen LogP contribution in [0.25, 0.3) is 0 Å². The molecule has 7 aliphatic rings. The minimum Gasteiger partial charge on any atom is -0.381 e. The largest absolute Gasteiger partial charge is 0.394 e. The first-order valence-corrected chi connectivity index (χ1v) is 40.2. The van der Waals surface area contributed by atoms with E-state index < -0.39 is 192 Å². The molecule has 109 heavy (non-hydrogen) atoms. The van der Waals surface area contributed by atoms with Gasteiger partial charge in [0.1, 0.15) is 53.9 Å². The normalized spacial score (nSPS) is 31.4. The average Bonchev–Trinajstić information content (AvgIpc) is 1.36. The lowest BCUT2D eigenvalue weighted by atomic mass is 9.58. The van der Waals surface area contributed by atoms with Crippen molar-refractivity contribution in [3.05, 3.63) is 12.2 Å². The van der Waals surface area contributed by atoms with Crippen LogP contribution < -0.4 is 16.0 Å². The molecule has 12 amide bonds. The molecule has 0 radical (unpaired) electrons. The molecule has 616 valence electrons. The maximum absolute atomic E-state index is 15.9. The Hall–Kier alpha value is -6.95. The molecule has 3 aliphatic heterocycles. The zero-order valence-corrected chi connectivity index (χ0v) is 67.9. The van der Waals surface area contributed by atoms with Gasteiger partial charge in [0.25, 0.3) is 0 Å². The molecular formula is C79H129F3N12O15. The second kappa shape index (κ2) is 39.5. The van der Waals surface area contributed by atoms with E-state index in [1.807, 2.05) is 26.8 Å². The molecule has 3 unspecified atom stereocenters. The van der Waals surface area contributed by atoms with Gasteiger partial charge in [-0.3, -0.25) is 57.5 Å². The number of carbonyl (C=O) groups excluding carboxylic acids is 12. The molecule has 0 aromatic carbocycles. The standard InChI is InChI=1S/C79H129F3N12O15/c1-17-50(7)66-74(104)87(11)45-65(97)88(12)57-29-23-22-26-38-93(73(57)103)60(39-51-32-30-49(6)31-33-51)71(101)86(10)44-63(95)83-56(37-35-52-34-36-55(79(80,81)82)62(40-52)107-16)70(100)94-43-54(109-21-5)41-58(94)69(99)85-78(47-77(8,9)48-78)76(106)91(15)67(53-27-24-25-28-53)75(105)90(14)59(72(102)92(18-2)19-3)42-64(96)89(13)61(46-108-20-4)68(98)84-66/h22-23,49-62,66-67H,17-21,24-48H2,1-16H3,(H,83,95)(H,84,98)(H,85,99)/b23-22-/t49?,50-,51?,52?,54+,55?,56-,57-,58-,59-,60-,61-,62?,66-,67-/m0/s1. The summed E-state index contributed by atoms with van der Waals surface area (Å²) < 4.78 is 60.5. The van der Waals surface area contributed by atoms with Crippen molar-refractivity contribution in [1.82, 2.24) is 60.0 Å². The fraction of sp³-hybridized carbons (Fsp3) is 0.823. The van der Waals surface area contributed by atoms with E-state index in [0.29, 0.717) is 44.4 Å². The van der Waals surface area contributed by atoms with Crippen molar-refractivity contribution >= 4 is 70.9 Å². The van der Waals surface area contributed by atoms with Gasteiger partial charge < -0.3 is 74.3 Å². The Morgan fingerprint density at radius 2 is 1.31 bits per heavy atom. The molecule has 6 fully saturated rings. The lowest BCUT2D eigenvalue weighted by Crippen LogP contribution is -2.71. The van der Waals surface area contributed by atoms with E-state index >= 15 is 38.4 Å². The lowest BCUT2D eigenvalue weighted by Gasteiger charge is -2.54. The summed E-state index contributed by atoms with van der Waals surface area (Å²) in [6.45, 7) is 15.6. The number of fused-ring (bicyclic) bond motifs is 3. The highest BCUT2D eigenvalue weighted by molar-refractivity contribution is 6.01. The van der Waals surface area contributed by atoms with Crippen LogP contribution >= 0.6 is 0 Å². The number of hydrogen-bond donors (Lipinski definition) is 3. The first kappa shape index (κ1) is 89.3. The Morgan fingerprint density at radius 3 is 1.91 bits per heavy atom. The second-order valence-corrected chi connectivity index (χ2v) is 33.2. The summed E-state index contributed by atoms with van der Waals surface area (Å²) in [5.74, 6) is -10.7. The van der Waals surface area contributed by atoms with E-state index in [1.165, 1.54) is 83.7 Å². The fourth-order valence-corrected chi connectivity index (χ4v) is 18.2. The average molecular weight is 1540 g/mol. The highest BCUT2D eigenvalue weighted by Crippen LogP contribution is 2.50. The van der Waals surface area contributed by atoms with E-state index in [2.05, 4.69) is 22.9 Å². The summed E-state index contributed by atoms with van der Waals surface area (Å²) in [6.07, 6.45) is 3.42. The number of rotatable bonds is 17. The number of nitrogens with zero attached hydrogens (tertiary/aromatic N) is 9. The van der Waals surface area contributed by atoms with Crippen LogP contribution in [0.15, 0.2) is 12.2 Å². The number of methoxy groups -OCH3 is 1. The van der Waals surface area contributed by atoms with Crippen LogP contribution in [0.2, 0.25) is 0 Å². The van der Waals surface area contributed by atoms with E-state index in [1.54, 1.807) is 40.7 Å². The maximum Gasteiger partial charge on any atom is 0.394 e. The summed E-state index contributed by atoms with van der Waals surface area (Å²) in [6, 6.07) is -10.5. The Morgan fingerprint density at radius 1 is 0.670 bits per heavy atom. The third-order valence-electron chi connectivity index (χ3n) is 24.9. The predicted molar refractivity (Wildman–Crippen MR) is 402 cm³/mol. The Kier molecular flexibility index (Phi) is 32.3. The number of alkyl halides is 3. The first-order chi connectivity index (χ1) is 51.4. The molecular weight excluding hydrogens is 1410 g/mol. The van der Waals surface area contributed by atoms with E-state index in [4.69, 9.17) is 14.2 Å². The third kappa shape index (κ3) is 22.0. The molecule has 2 saturated heterocycles. The van der Waals surface area contributed by atoms with Crippen LogP contribution in [0.5, 0.6) is 0 Å². The van der Waals surface area contributed by atoms with Gasteiger partial charge in [-0.05, 0) is 140 Å². The quantitative estimate of drug-likeness (QED) is 0.142. The van der Waals surface area contributed by atoms with Gasteiger partial charge in [0.05, 0.1) is 44.2 Å². The molecule has 4 aliphatic carbocycles. The topological polar surface area (TPSA) is 298 Å². The highest BCUT2D eigenvalue weighted by Gasteiger charge is 2.60. The van der Waals surface area contributed by atoms with Gasteiger partial charge in [-0.15, -0.1) is 0 Å². The van der Waals surface area contributed by atoms with Crippen LogP contribution in [-0.2, 0) is 71.7 Å². The van der Waals surface area contributed by atoms with Gasteiger partial charge in [-0.1, -0.05) is 91.7 Å². The molecule has 2 bridgehead atoms. The number of halogens is 3. The first-order valence-electron chi connectivity index (χ1n) is 40.2. The molecule has 0 aromatic rings. The smallest absolute Gasteiger partial charge is 0.381 e. The molecule has 3 N–H and O–H groups in total. The van der Waals surface area contributed by atoms with Gasteiger partial charge in [-0.25, -0.2) is 0 Å². The minimum atomic E-state index is -4.53. The number of hydrogen-bond acceptors (Lipinski definition) is 15. The zero-order chi connectivity index (χ0) is 80.7. The number of likely N-dealkylation sites (N-methyl/N-ethyl adjacent to an activating group) is 7. The van der Waals surface area contributed by atoms with Crippen molar-refractivity contribution in [3.8, 4) is 0 Å². The second-order valence-electron chi connectivity index (χ2n) is 33.2. The molecule has 4 saturated carbocycles. The molecule has 13 atom stereocenters. The third-order valence-corrected chi connectivity index (χ3v) is 24.9. The lowest BCUT2D eigenvalue weighted by molar-refractivity contribution is -0.215. The number of amides is 12.